The maximum atomic E-state index is 12.2. The van der Waals surface area contributed by atoms with Gasteiger partial charge in [0.25, 0.3) is 0 Å². The lowest BCUT2D eigenvalue weighted by Gasteiger charge is -2.22. The van der Waals surface area contributed by atoms with Crippen molar-refractivity contribution in [2.24, 2.45) is 0 Å². The first kappa shape index (κ1) is 18.2. The molecule has 0 saturated carbocycles. The Morgan fingerprint density at radius 3 is 2.59 bits per heavy atom. The van der Waals surface area contributed by atoms with Gasteiger partial charge in [-0.2, -0.15) is 0 Å². The Morgan fingerprint density at radius 2 is 2.00 bits per heavy atom. The Hall–Kier alpha value is -1.83. The molecule has 2 nitrogen and oxygen atoms in total. The average Bonchev–Trinajstić information content (AvgIpc) is 2.45. The van der Waals surface area contributed by atoms with Gasteiger partial charge in [0.05, 0.1) is 0 Å². The van der Waals surface area contributed by atoms with Gasteiger partial charge in [-0.3, -0.25) is 0 Å². The molecule has 1 aliphatic carbocycles. The van der Waals surface area contributed by atoms with Gasteiger partial charge in [0.15, 0.2) is 0 Å². The topological polar surface area (TPSA) is 26.3 Å². The van der Waals surface area contributed by atoms with Crippen molar-refractivity contribution in [3.05, 3.63) is 58.7 Å². The van der Waals surface area contributed by atoms with Gasteiger partial charge >= 0.3 is 5.97 Å². The normalized spacial score (nSPS) is 20.5. The highest BCUT2D eigenvalue weighted by molar-refractivity contribution is 5.88. The third kappa shape index (κ3) is 5.51. The molecule has 0 saturated heterocycles. The number of hydrogen-bond donors (Lipinski definition) is 0. The van der Waals surface area contributed by atoms with Crippen LogP contribution in [0, 0.1) is 0 Å². The molecule has 0 aromatic rings. The zero-order valence-corrected chi connectivity index (χ0v) is 14.5. The highest BCUT2D eigenvalue weighted by atomic mass is 16.5. The van der Waals surface area contributed by atoms with Crippen LogP contribution in [-0.2, 0) is 9.53 Å². The molecule has 1 atom stereocenters. The van der Waals surface area contributed by atoms with Gasteiger partial charge < -0.3 is 4.74 Å². The minimum Gasteiger partial charge on any atom is -0.454 e. The van der Waals surface area contributed by atoms with Crippen LogP contribution in [0.15, 0.2) is 58.7 Å². The molecule has 1 rings (SSSR count). The van der Waals surface area contributed by atoms with Crippen LogP contribution >= 0.6 is 0 Å². The van der Waals surface area contributed by atoms with Crippen molar-refractivity contribution >= 4 is 5.97 Å². The quantitative estimate of drug-likeness (QED) is 0.385. The van der Waals surface area contributed by atoms with Crippen LogP contribution in [0.3, 0.4) is 0 Å². The Bertz CT molecular complexity index is 552. The predicted molar refractivity (Wildman–Crippen MR) is 93.6 cm³/mol. The summed E-state index contributed by atoms with van der Waals surface area (Å²) < 4.78 is 5.77. The summed E-state index contributed by atoms with van der Waals surface area (Å²) in [5.41, 5.74) is 5.21. The molecule has 0 aromatic heterocycles. The second-order valence-electron chi connectivity index (χ2n) is 6.11. The summed E-state index contributed by atoms with van der Waals surface area (Å²) in [6, 6.07) is 0. The summed E-state index contributed by atoms with van der Waals surface area (Å²) in [6.45, 7) is 13.9. The number of allylic oxidation sites excluding steroid dienone is 5. The Balaban J connectivity index is 3.16. The number of hydrogen-bond acceptors (Lipinski definition) is 2. The number of carbonyl (C=O) groups is 1. The van der Waals surface area contributed by atoms with E-state index in [0.29, 0.717) is 5.57 Å². The number of rotatable bonds is 2. The van der Waals surface area contributed by atoms with Crippen LogP contribution in [0.25, 0.3) is 0 Å². The molecule has 1 unspecified atom stereocenters. The average molecular weight is 300 g/mol. The first-order chi connectivity index (χ1) is 10.3. The van der Waals surface area contributed by atoms with E-state index in [4.69, 9.17) is 4.74 Å². The van der Waals surface area contributed by atoms with Crippen molar-refractivity contribution in [1.82, 2.24) is 0 Å². The molecule has 0 bridgehead atoms. The second kappa shape index (κ2) is 8.57. The van der Waals surface area contributed by atoms with Crippen LogP contribution in [-0.4, -0.2) is 12.1 Å². The number of esters is 1. The van der Waals surface area contributed by atoms with E-state index in [2.05, 4.69) is 39.5 Å². The third-order valence-corrected chi connectivity index (χ3v) is 3.89. The Morgan fingerprint density at radius 1 is 1.32 bits per heavy atom. The van der Waals surface area contributed by atoms with E-state index in [1.807, 2.05) is 13.0 Å². The van der Waals surface area contributed by atoms with Gasteiger partial charge in [0.1, 0.15) is 6.10 Å². The first-order valence-electron chi connectivity index (χ1n) is 7.88. The molecule has 0 aliphatic heterocycles. The largest absolute Gasteiger partial charge is 0.454 e. The molecule has 22 heavy (non-hydrogen) atoms. The third-order valence-electron chi connectivity index (χ3n) is 3.89. The molecular weight excluding hydrogens is 272 g/mol. The monoisotopic (exact) mass is 300 g/mol. The van der Waals surface area contributed by atoms with Gasteiger partial charge in [0.2, 0.25) is 0 Å². The maximum absolute atomic E-state index is 12.2. The summed E-state index contributed by atoms with van der Waals surface area (Å²) in [5, 5.41) is 0. The summed E-state index contributed by atoms with van der Waals surface area (Å²) in [5.74, 6) is -0.247. The molecule has 0 amide bonds. The van der Waals surface area contributed by atoms with Gasteiger partial charge in [-0.05, 0) is 53.0 Å². The smallest absolute Gasteiger partial charge is 0.333 e. The highest BCUT2D eigenvalue weighted by Crippen LogP contribution is 2.24. The summed E-state index contributed by atoms with van der Waals surface area (Å²) >= 11 is 0. The van der Waals surface area contributed by atoms with Gasteiger partial charge in [-0.25, -0.2) is 4.79 Å². The van der Waals surface area contributed by atoms with Gasteiger partial charge in [0, 0.05) is 12.0 Å². The minimum atomic E-state index is -0.247. The van der Waals surface area contributed by atoms with Crippen molar-refractivity contribution in [3.63, 3.8) is 0 Å². The molecule has 0 heterocycles. The van der Waals surface area contributed by atoms with Crippen LogP contribution < -0.4 is 0 Å². The fourth-order valence-electron chi connectivity index (χ4n) is 2.32. The van der Waals surface area contributed by atoms with Crippen LogP contribution in [0.1, 0.15) is 53.9 Å². The molecule has 0 spiro atoms. The fourth-order valence-corrected chi connectivity index (χ4v) is 2.32. The van der Waals surface area contributed by atoms with E-state index in [-0.39, 0.29) is 12.1 Å². The Kier molecular flexibility index (Phi) is 7.10. The zero-order valence-electron chi connectivity index (χ0n) is 14.5. The van der Waals surface area contributed by atoms with E-state index < -0.39 is 0 Å². The molecule has 1 aliphatic rings. The molecule has 0 radical (unpaired) electrons. The van der Waals surface area contributed by atoms with Crippen molar-refractivity contribution in [2.45, 2.75) is 60.0 Å². The van der Waals surface area contributed by atoms with Crippen molar-refractivity contribution in [2.75, 3.05) is 0 Å². The predicted octanol–water partition coefficient (Wildman–Crippen LogP) is 5.44. The lowest BCUT2D eigenvalue weighted by molar-refractivity contribution is -0.142. The van der Waals surface area contributed by atoms with Crippen LogP contribution in [0.5, 0.6) is 0 Å². The van der Waals surface area contributed by atoms with E-state index in [1.54, 1.807) is 13.0 Å². The van der Waals surface area contributed by atoms with E-state index in [9.17, 15) is 4.79 Å². The minimum absolute atomic E-state index is 0.245. The van der Waals surface area contributed by atoms with Crippen molar-refractivity contribution < 1.29 is 9.53 Å². The van der Waals surface area contributed by atoms with Crippen LogP contribution in [0.4, 0.5) is 0 Å². The SMILES string of the molecule is C=C1C=CC(=C(C)C)C(OC(=O)C(C)=CC)CC(C)=CCC1. The molecule has 120 valence electrons. The standard InChI is InChI=1S/C20H28O2/c1-7-17(6)20(21)22-19-13-16(5)10-8-9-15(4)11-12-18(19)14(2)3/h7,10-12,19H,4,8-9,13H2,1-3,5-6H3. The molecular formula is C20H28O2. The fraction of sp³-hybridized carbons (Fsp3) is 0.450. The molecule has 0 fully saturated rings. The maximum Gasteiger partial charge on any atom is 0.333 e. The summed E-state index contributed by atoms with van der Waals surface area (Å²) in [7, 11) is 0. The van der Waals surface area contributed by atoms with Crippen molar-refractivity contribution in [3.8, 4) is 0 Å². The number of ether oxygens (including phenoxy) is 1. The summed E-state index contributed by atoms with van der Waals surface area (Å²) in [4.78, 5) is 12.2. The lowest BCUT2D eigenvalue weighted by Crippen LogP contribution is -2.22. The second-order valence-corrected chi connectivity index (χ2v) is 6.11. The first-order valence-corrected chi connectivity index (χ1v) is 7.88. The summed E-state index contributed by atoms with van der Waals surface area (Å²) in [6.07, 6.45) is 10.5. The Labute approximate surface area is 134 Å². The van der Waals surface area contributed by atoms with Gasteiger partial charge in [-0.1, -0.05) is 47.6 Å². The number of carbonyl (C=O) groups excluding carboxylic acids is 1. The van der Waals surface area contributed by atoms with Gasteiger partial charge in [-0.15, -0.1) is 0 Å². The zero-order chi connectivity index (χ0) is 16.7. The molecule has 0 aromatic carbocycles. The molecule has 0 N–H and O–H groups in total. The molecule has 2 heteroatoms. The van der Waals surface area contributed by atoms with E-state index >= 15 is 0 Å². The van der Waals surface area contributed by atoms with E-state index in [0.717, 1.165) is 36.0 Å². The van der Waals surface area contributed by atoms with Crippen LogP contribution in [0.2, 0.25) is 0 Å². The van der Waals surface area contributed by atoms with Crippen molar-refractivity contribution in [1.29, 1.82) is 0 Å². The van der Waals surface area contributed by atoms with E-state index in [1.165, 1.54) is 5.57 Å². The lowest BCUT2D eigenvalue weighted by atomic mass is 9.94. The highest BCUT2D eigenvalue weighted by Gasteiger charge is 2.20.